The highest BCUT2D eigenvalue weighted by Crippen LogP contribution is 2.17. The fraction of sp³-hybridized carbons (Fsp3) is 0.400. The fourth-order valence-electron chi connectivity index (χ4n) is 0.960. The first-order chi connectivity index (χ1) is 7.09. The number of hydrogen-bond acceptors (Lipinski definition) is 3. The number of nitrogens with zero attached hydrogens (tertiary/aromatic N) is 1. The third-order valence-electron chi connectivity index (χ3n) is 1.82. The Kier molecular flexibility index (Phi) is 5.11. The van der Waals surface area contributed by atoms with Gasteiger partial charge in [0.2, 0.25) is 0 Å². The highest BCUT2D eigenvalue weighted by Gasteiger charge is 2.10. The van der Waals surface area contributed by atoms with Gasteiger partial charge in [0.15, 0.2) is 0 Å². The van der Waals surface area contributed by atoms with Crippen LogP contribution < -0.4 is 0 Å². The molecule has 1 atom stereocenters. The van der Waals surface area contributed by atoms with Crippen LogP contribution in [0.5, 0.6) is 0 Å². The molecule has 0 bridgehead atoms. The van der Waals surface area contributed by atoms with E-state index in [0.29, 0.717) is 5.75 Å². The molecule has 1 aromatic heterocycles. The van der Waals surface area contributed by atoms with Crippen molar-refractivity contribution < 1.29 is 9.90 Å². The van der Waals surface area contributed by atoms with Gasteiger partial charge in [-0.2, -0.15) is 11.8 Å². The molecule has 0 radical (unpaired) electrons. The number of aliphatic carboxylic acids is 1. The van der Waals surface area contributed by atoms with Crippen LogP contribution in [0, 0.1) is 5.92 Å². The number of halogens is 1. The number of carbonyl (C=O) groups is 1. The minimum atomic E-state index is -0.741. The molecule has 0 aliphatic carbocycles. The Bertz CT molecular complexity index is 346. The summed E-state index contributed by atoms with van der Waals surface area (Å²) in [6.07, 6.45) is 3.53. The molecule has 0 saturated carbocycles. The first kappa shape index (κ1) is 12.5. The van der Waals surface area contributed by atoms with Crippen LogP contribution >= 0.6 is 27.7 Å². The van der Waals surface area contributed by atoms with Crippen LogP contribution in [0.1, 0.15) is 12.5 Å². The van der Waals surface area contributed by atoms with Crippen LogP contribution in [0.4, 0.5) is 0 Å². The molecular formula is C10H12BrNO2S. The Morgan fingerprint density at radius 3 is 3.00 bits per heavy atom. The van der Waals surface area contributed by atoms with Gasteiger partial charge in [0.1, 0.15) is 0 Å². The number of thioether (sulfide) groups is 1. The third-order valence-corrected chi connectivity index (χ3v) is 3.53. The maximum atomic E-state index is 10.6. The van der Waals surface area contributed by atoms with E-state index in [9.17, 15) is 4.79 Å². The lowest BCUT2D eigenvalue weighted by molar-refractivity contribution is -0.140. The van der Waals surface area contributed by atoms with Gasteiger partial charge < -0.3 is 5.11 Å². The quantitative estimate of drug-likeness (QED) is 0.906. The second-order valence-corrected chi connectivity index (χ2v) is 5.21. The van der Waals surface area contributed by atoms with Crippen molar-refractivity contribution in [1.29, 1.82) is 0 Å². The zero-order valence-corrected chi connectivity index (χ0v) is 10.7. The molecule has 0 amide bonds. The number of pyridine rings is 1. The van der Waals surface area contributed by atoms with Gasteiger partial charge in [0.25, 0.3) is 0 Å². The molecule has 0 aromatic carbocycles. The molecule has 0 aliphatic heterocycles. The first-order valence-corrected chi connectivity index (χ1v) is 6.44. The zero-order valence-electron chi connectivity index (χ0n) is 8.31. The van der Waals surface area contributed by atoms with Crippen molar-refractivity contribution in [3.63, 3.8) is 0 Å². The Balaban J connectivity index is 2.35. The van der Waals surface area contributed by atoms with Crippen LogP contribution in [0.3, 0.4) is 0 Å². The highest BCUT2D eigenvalue weighted by atomic mass is 79.9. The molecule has 1 aromatic rings. The molecule has 1 unspecified atom stereocenters. The average molecular weight is 290 g/mol. The van der Waals surface area contributed by atoms with Gasteiger partial charge in [-0.3, -0.25) is 9.78 Å². The molecule has 1 N–H and O–H groups in total. The number of aromatic nitrogens is 1. The maximum absolute atomic E-state index is 10.6. The predicted molar refractivity (Wildman–Crippen MR) is 64.9 cm³/mol. The molecule has 0 spiro atoms. The summed E-state index contributed by atoms with van der Waals surface area (Å²) in [4.78, 5) is 14.6. The largest absolute Gasteiger partial charge is 0.481 e. The highest BCUT2D eigenvalue weighted by molar-refractivity contribution is 9.10. The van der Waals surface area contributed by atoms with Crippen molar-refractivity contribution in [3.8, 4) is 0 Å². The Labute approximate surface area is 101 Å². The van der Waals surface area contributed by atoms with Crippen LogP contribution in [0.15, 0.2) is 22.9 Å². The Morgan fingerprint density at radius 1 is 1.67 bits per heavy atom. The zero-order chi connectivity index (χ0) is 11.3. The smallest absolute Gasteiger partial charge is 0.307 e. The van der Waals surface area contributed by atoms with Crippen molar-refractivity contribution in [2.45, 2.75) is 12.7 Å². The molecule has 82 valence electrons. The van der Waals surface area contributed by atoms with E-state index in [-0.39, 0.29) is 5.92 Å². The third kappa shape index (κ3) is 4.66. The Morgan fingerprint density at radius 2 is 2.40 bits per heavy atom. The topological polar surface area (TPSA) is 50.2 Å². The molecule has 1 rings (SSSR count). The van der Waals surface area contributed by atoms with Gasteiger partial charge in [0.05, 0.1) is 5.92 Å². The van der Waals surface area contributed by atoms with E-state index < -0.39 is 5.97 Å². The van der Waals surface area contributed by atoms with E-state index in [2.05, 4.69) is 20.9 Å². The molecule has 1 heterocycles. The van der Waals surface area contributed by atoms with E-state index in [1.54, 1.807) is 31.1 Å². The van der Waals surface area contributed by atoms with E-state index in [4.69, 9.17) is 5.11 Å². The van der Waals surface area contributed by atoms with E-state index in [1.807, 2.05) is 6.07 Å². The fourth-order valence-corrected chi connectivity index (χ4v) is 2.38. The minimum absolute atomic E-state index is 0.296. The van der Waals surface area contributed by atoms with E-state index >= 15 is 0 Å². The SMILES string of the molecule is CC(CSCc1cncc(Br)c1)C(=O)O. The number of rotatable bonds is 5. The number of carboxylic acid groups (broad SMARTS) is 1. The summed E-state index contributed by atoms with van der Waals surface area (Å²) >= 11 is 4.95. The monoisotopic (exact) mass is 289 g/mol. The average Bonchev–Trinajstić information content (AvgIpc) is 2.17. The molecule has 15 heavy (non-hydrogen) atoms. The van der Waals surface area contributed by atoms with Crippen LogP contribution in [-0.2, 0) is 10.5 Å². The van der Waals surface area contributed by atoms with Gasteiger partial charge in [-0.25, -0.2) is 0 Å². The number of hydrogen-bond donors (Lipinski definition) is 1. The maximum Gasteiger partial charge on any atom is 0.307 e. The summed E-state index contributed by atoms with van der Waals surface area (Å²) in [5.41, 5.74) is 1.10. The predicted octanol–water partition coefficient (Wildman–Crippen LogP) is 2.80. The summed E-state index contributed by atoms with van der Waals surface area (Å²) in [5, 5.41) is 8.69. The van der Waals surface area contributed by atoms with Gasteiger partial charge in [-0.1, -0.05) is 6.92 Å². The summed E-state index contributed by atoms with van der Waals surface area (Å²) < 4.78 is 0.951. The summed E-state index contributed by atoms with van der Waals surface area (Å²) in [6, 6.07) is 1.99. The van der Waals surface area contributed by atoms with Gasteiger partial charge in [-0.15, -0.1) is 0 Å². The van der Waals surface area contributed by atoms with Gasteiger partial charge in [0, 0.05) is 28.4 Å². The molecule has 3 nitrogen and oxygen atoms in total. The lowest BCUT2D eigenvalue weighted by Crippen LogP contribution is -2.11. The van der Waals surface area contributed by atoms with E-state index in [0.717, 1.165) is 15.8 Å². The molecule has 5 heteroatoms. The van der Waals surface area contributed by atoms with Crippen molar-refractivity contribution in [3.05, 3.63) is 28.5 Å². The molecule has 0 saturated heterocycles. The molecule has 0 fully saturated rings. The van der Waals surface area contributed by atoms with Crippen LogP contribution in [0.2, 0.25) is 0 Å². The number of carboxylic acids is 1. The van der Waals surface area contributed by atoms with Crippen molar-refractivity contribution >= 4 is 33.7 Å². The van der Waals surface area contributed by atoms with Crippen molar-refractivity contribution in [2.75, 3.05) is 5.75 Å². The second kappa shape index (κ2) is 6.12. The Hall–Kier alpha value is -0.550. The van der Waals surface area contributed by atoms with Crippen molar-refractivity contribution in [1.82, 2.24) is 4.98 Å². The first-order valence-electron chi connectivity index (χ1n) is 4.49. The molecule has 0 aliphatic rings. The second-order valence-electron chi connectivity index (χ2n) is 3.27. The lowest BCUT2D eigenvalue weighted by Gasteiger charge is -2.05. The normalized spacial score (nSPS) is 12.4. The van der Waals surface area contributed by atoms with Gasteiger partial charge in [-0.05, 0) is 27.6 Å². The summed E-state index contributed by atoms with van der Waals surface area (Å²) in [6.45, 7) is 1.72. The van der Waals surface area contributed by atoms with Crippen LogP contribution in [-0.4, -0.2) is 21.8 Å². The van der Waals surface area contributed by atoms with Gasteiger partial charge >= 0.3 is 5.97 Å². The lowest BCUT2D eigenvalue weighted by atomic mass is 10.2. The summed E-state index contributed by atoms with van der Waals surface area (Å²) in [7, 11) is 0. The minimum Gasteiger partial charge on any atom is -0.481 e. The summed E-state index contributed by atoms with van der Waals surface area (Å²) in [5.74, 6) is 0.385. The van der Waals surface area contributed by atoms with Crippen molar-refractivity contribution in [2.24, 2.45) is 5.92 Å². The standard InChI is InChI=1S/C10H12BrNO2S/c1-7(10(13)14)5-15-6-8-2-9(11)4-12-3-8/h2-4,7H,5-6H2,1H3,(H,13,14). The molecular weight excluding hydrogens is 278 g/mol. The van der Waals surface area contributed by atoms with Crippen LogP contribution in [0.25, 0.3) is 0 Å². The van der Waals surface area contributed by atoms with E-state index in [1.165, 1.54) is 0 Å².